The summed E-state index contributed by atoms with van der Waals surface area (Å²) in [7, 11) is 2.82. The van der Waals surface area contributed by atoms with Crippen molar-refractivity contribution in [3.05, 3.63) is 53.3 Å². The molecule has 0 saturated carbocycles. The highest BCUT2D eigenvalue weighted by molar-refractivity contribution is 6.02. The number of esters is 1. The molecule has 0 aliphatic heterocycles. The minimum Gasteiger partial charge on any atom is -0.493 e. The fraction of sp³-hybridized carbons (Fsp3) is 0.286. The minimum absolute atomic E-state index is 0.0157. The van der Waals surface area contributed by atoms with Crippen LogP contribution in [0, 0.1) is 5.82 Å². The molecule has 0 fully saturated rings. The van der Waals surface area contributed by atoms with Crippen molar-refractivity contribution in [1.29, 1.82) is 0 Å². The summed E-state index contributed by atoms with van der Waals surface area (Å²) < 4.78 is 28.3. The number of hydrogen-bond donors (Lipinski definition) is 2. The minimum atomic E-state index is -0.812. The number of halogens is 1. The number of nitrogens with one attached hydrogen (secondary N) is 2. The van der Waals surface area contributed by atoms with Gasteiger partial charge < -0.3 is 24.8 Å². The van der Waals surface area contributed by atoms with Crippen molar-refractivity contribution in [2.45, 2.75) is 13.3 Å². The van der Waals surface area contributed by atoms with Crippen LogP contribution in [0.3, 0.4) is 0 Å². The molecule has 2 rings (SSSR count). The van der Waals surface area contributed by atoms with E-state index >= 15 is 0 Å². The second kappa shape index (κ2) is 10.8. The Kier molecular flexibility index (Phi) is 8.16. The van der Waals surface area contributed by atoms with E-state index in [0.29, 0.717) is 18.7 Å². The fourth-order valence-electron chi connectivity index (χ4n) is 2.60. The van der Waals surface area contributed by atoms with E-state index in [4.69, 9.17) is 14.2 Å². The maximum absolute atomic E-state index is 12.9. The molecule has 0 spiro atoms. The topological polar surface area (TPSA) is 103 Å². The summed E-state index contributed by atoms with van der Waals surface area (Å²) in [6, 6.07) is 8.73. The number of benzene rings is 2. The summed E-state index contributed by atoms with van der Waals surface area (Å²) in [4.78, 5) is 35.8. The van der Waals surface area contributed by atoms with Gasteiger partial charge in [0.05, 0.1) is 25.5 Å². The highest BCUT2D eigenvalue weighted by atomic mass is 19.1. The van der Waals surface area contributed by atoms with Crippen LogP contribution in [0.1, 0.15) is 22.8 Å². The summed E-state index contributed by atoms with van der Waals surface area (Å²) >= 11 is 0. The van der Waals surface area contributed by atoms with E-state index < -0.39 is 24.4 Å². The van der Waals surface area contributed by atoms with E-state index in [0.717, 1.165) is 5.56 Å². The first kappa shape index (κ1) is 22.7. The summed E-state index contributed by atoms with van der Waals surface area (Å²) in [5, 5.41) is 5.14. The molecule has 2 amide bonds. The summed E-state index contributed by atoms with van der Waals surface area (Å²) in [5.74, 6) is -1.45. The van der Waals surface area contributed by atoms with Crippen LogP contribution in [0.15, 0.2) is 36.4 Å². The monoisotopic (exact) mass is 418 g/mol. The van der Waals surface area contributed by atoms with Crippen LogP contribution in [0.25, 0.3) is 0 Å². The van der Waals surface area contributed by atoms with Crippen molar-refractivity contribution in [3.63, 3.8) is 0 Å². The molecular weight excluding hydrogens is 395 g/mol. The maximum Gasteiger partial charge on any atom is 0.340 e. The van der Waals surface area contributed by atoms with Crippen LogP contribution in [0.4, 0.5) is 10.1 Å². The third-order valence-electron chi connectivity index (χ3n) is 4.04. The average molecular weight is 418 g/mol. The van der Waals surface area contributed by atoms with Gasteiger partial charge in [-0.3, -0.25) is 9.59 Å². The first-order valence-electron chi connectivity index (χ1n) is 9.06. The summed E-state index contributed by atoms with van der Waals surface area (Å²) in [6.45, 7) is 1.09. The Morgan fingerprint density at radius 2 is 1.63 bits per heavy atom. The van der Waals surface area contributed by atoms with Crippen LogP contribution in [0.2, 0.25) is 0 Å². The van der Waals surface area contributed by atoms with Gasteiger partial charge in [0.2, 0.25) is 5.91 Å². The zero-order valence-electron chi connectivity index (χ0n) is 16.9. The van der Waals surface area contributed by atoms with Crippen LogP contribution in [-0.4, -0.2) is 45.2 Å². The number of ether oxygens (including phenoxy) is 3. The number of carbonyl (C=O) groups is 3. The smallest absolute Gasteiger partial charge is 0.340 e. The molecule has 8 nitrogen and oxygen atoms in total. The van der Waals surface area contributed by atoms with Gasteiger partial charge in [-0.2, -0.15) is 0 Å². The Morgan fingerprint density at radius 1 is 1.00 bits per heavy atom. The quantitative estimate of drug-likeness (QED) is 0.606. The Morgan fingerprint density at radius 3 is 2.23 bits per heavy atom. The van der Waals surface area contributed by atoms with Crippen molar-refractivity contribution in [1.82, 2.24) is 5.32 Å². The first-order valence-corrected chi connectivity index (χ1v) is 9.06. The molecular formula is C21H23FN2O6. The highest BCUT2D eigenvalue weighted by Gasteiger charge is 2.20. The Hall–Kier alpha value is -3.62. The third-order valence-corrected chi connectivity index (χ3v) is 4.04. The van der Waals surface area contributed by atoms with Crippen molar-refractivity contribution in [2.75, 3.05) is 32.7 Å². The highest BCUT2D eigenvalue weighted by Crippen LogP contribution is 2.33. The lowest BCUT2D eigenvalue weighted by molar-refractivity contribution is -0.124. The molecule has 9 heteroatoms. The number of hydrogen-bond acceptors (Lipinski definition) is 6. The fourth-order valence-corrected chi connectivity index (χ4v) is 2.60. The summed E-state index contributed by atoms with van der Waals surface area (Å²) in [5.41, 5.74) is 1.04. The van der Waals surface area contributed by atoms with Crippen molar-refractivity contribution in [3.8, 4) is 11.5 Å². The molecule has 0 aromatic heterocycles. The van der Waals surface area contributed by atoms with Crippen molar-refractivity contribution < 1.29 is 33.0 Å². The number of methoxy groups -OCH3 is 2. The van der Waals surface area contributed by atoms with Gasteiger partial charge in [0.15, 0.2) is 18.1 Å². The first-order chi connectivity index (χ1) is 14.3. The van der Waals surface area contributed by atoms with Gasteiger partial charge in [0.25, 0.3) is 5.91 Å². The third kappa shape index (κ3) is 6.47. The predicted molar refractivity (Wildman–Crippen MR) is 107 cm³/mol. The van der Waals surface area contributed by atoms with Gasteiger partial charge in [-0.25, -0.2) is 9.18 Å². The van der Waals surface area contributed by atoms with Gasteiger partial charge in [-0.15, -0.1) is 0 Å². The second-order valence-electron chi connectivity index (χ2n) is 6.24. The van der Waals surface area contributed by atoms with E-state index in [9.17, 15) is 18.8 Å². The molecule has 160 valence electrons. The van der Waals surface area contributed by atoms with Crippen LogP contribution in [-0.2, 0) is 20.7 Å². The van der Waals surface area contributed by atoms with Crippen molar-refractivity contribution in [2.24, 2.45) is 0 Å². The Labute approximate surface area is 173 Å². The standard InChI is InChI=1S/C21H23FN2O6/c1-13(25)24-17-11-19(29-3)18(28-2)10-16(17)21(27)30-12-20(26)23-9-8-14-4-6-15(22)7-5-14/h4-7,10-11H,8-9,12H2,1-3H3,(H,23,26)(H,24,25). The molecule has 0 heterocycles. The normalized spacial score (nSPS) is 10.1. The van der Waals surface area contributed by atoms with Gasteiger partial charge in [0.1, 0.15) is 5.82 Å². The average Bonchev–Trinajstić information content (AvgIpc) is 2.72. The maximum atomic E-state index is 12.9. The molecule has 0 radical (unpaired) electrons. The van der Waals surface area contributed by atoms with Gasteiger partial charge >= 0.3 is 5.97 Å². The van der Waals surface area contributed by atoms with E-state index in [1.54, 1.807) is 12.1 Å². The lowest BCUT2D eigenvalue weighted by Crippen LogP contribution is -2.30. The van der Waals surface area contributed by atoms with E-state index in [1.807, 2.05) is 0 Å². The van der Waals surface area contributed by atoms with Gasteiger partial charge in [-0.1, -0.05) is 12.1 Å². The second-order valence-corrected chi connectivity index (χ2v) is 6.24. The Bertz CT molecular complexity index is 914. The van der Waals surface area contributed by atoms with Crippen LogP contribution in [0.5, 0.6) is 11.5 Å². The lowest BCUT2D eigenvalue weighted by atomic mass is 10.1. The van der Waals surface area contributed by atoms with Crippen LogP contribution >= 0.6 is 0 Å². The molecule has 2 aromatic rings. The number of anilines is 1. The molecule has 0 unspecified atom stereocenters. The summed E-state index contributed by atoms with van der Waals surface area (Å²) in [6.07, 6.45) is 0.502. The largest absolute Gasteiger partial charge is 0.493 e. The molecule has 2 N–H and O–H groups in total. The number of rotatable bonds is 9. The molecule has 0 saturated heterocycles. The zero-order chi connectivity index (χ0) is 22.1. The van der Waals surface area contributed by atoms with E-state index in [2.05, 4.69) is 10.6 Å². The molecule has 0 atom stereocenters. The van der Waals surface area contributed by atoms with Gasteiger partial charge in [-0.05, 0) is 24.1 Å². The van der Waals surface area contributed by atoms with Crippen LogP contribution < -0.4 is 20.1 Å². The molecule has 0 aliphatic rings. The zero-order valence-corrected chi connectivity index (χ0v) is 16.9. The van der Waals surface area contributed by atoms with Gasteiger partial charge in [0, 0.05) is 25.6 Å². The predicted octanol–water partition coefficient (Wildman–Crippen LogP) is 2.32. The molecule has 0 bridgehead atoms. The Balaban J connectivity index is 1.96. The lowest BCUT2D eigenvalue weighted by Gasteiger charge is -2.14. The molecule has 0 aliphatic carbocycles. The SMILES string of the molecule is COc1cc(NC(C)=O)c(C(=O)OCC(=O)NCCc2ccc(F)cc2)cc1OC. The van der Waals surface area contributed by atoms with E-state index in [-0.39, 0.29) is 22.8 Å². The number of amides is 2. The van der Waals surface area contributed by atoms with Crippen molar-refractivity contribution >= 4 is 23.5 Å². The molecule has 2 aromatic carbocycles. The van der Waals surface area contributed by atoms with E-state index in [1.165, 1.54) is 45.4 Å². The molecule has 30 heavy (non-hydrogen) atoms. The number of carbonyl (C=O) groups excluding carboxylic acids is 3.